The van der Waals surface area contributed by atoms with Gasteiger partial charge in [0, 0.05) is 0 Å². The van der Waals surface area contributed by atoms with Crippen LogP contribution in [-0.2, 0) is 0 Å². The van der Waals surface area contributed by atoms with E-state index in [0.717, 1.165) is 21.3 Å². The van der Waals surface area contributed by atoms with Crippen molar-refractivity contribution >= 4 is 43.6 Å². The van der Waals surface area contributed by atoms with Gasteiger partial charge in [-0.2, -0.15) is 0 Å². The molecule has 0 radical (unpaired) electrons. The number of anilines is 1. The molecule has 2 heterocycles. The molecule has 0 atom stereocenters. The molecule has 0 spiro atoms. The Bertz CT molecular complexity index is 1190. The van der Waals surface area contributed by atoms with E-state index in [1.807, 2.05) is 19.9 Å². The number of nitrogens with zero attached hydrogens (tertiary/aromatic N) is 1. The van der Waals surface area contributed by atoms with Crippen molar-refractivity contribution in [1.29, 1.82) is 0 Å². The van der Waals surface area contributed by atoms with Crippen LogP contribution in [0, 0.1) is 13.8 Å². The fraction of sp³-hybridized carbons (Fsp3) is 0.105. The highest BCUT2D eigenvalue weighted by molar-refractivity contribution is 7.22. The average molecular weight is 350 g/mol. The van der Waals surface area contributed by atoms with Gasteiger partial charge in [-0.1, -0.05) is 29.5 Å². The van der Waals surface area contributed by atoms with E-state index < -0.39 is 5.91 Å². The summed E-state index contributed by atoms with van der Waals surface area (Å²) in [6.07, 6.45) is 1.20. The van der Waals surface area contributed by atoms with Crippen molar-refractivity contribution in [1.82, 2.24) is 4.98 Å². The third-order valence-electron chi connectivity index (χ3n) is 3.97. The van der Waals surface area contributed by atoms with Gasteiger partial charge in [-0.25, -0.2) is 4.98 Å². The Morgan fingerprint density at radius 3 is 2.84 bits per heavy atom. The maximum atomic E-state index is 12.5. The molecule has 1 amide bonds. The van der Waals surface area contributed by atoms with Gasteiger partial charge in [-0.15, -0.1) is 0 Å². The minimum Gasteiger partial charge on any atom is -0.463 e. The molecule has 2 aromatic heterocycles. The Labute approximate surface area is 146 Å². The number of carbonyl (C=O) groups excluding carboxylic acids is 1. The normalized spacial score (nSPS) is 11.1. The zero-order chi connectivity index (χ0) is 17.6. The Hall–Kier alpha value is -2.99. The molecule has 1 N–H and O–H groups in total. The minimum atomic E-state index is -0.520. The molecular weight excluding hydrogens is 336 g/mol. The highest BCUT2D eigenvalue weighted by Gasteiger charge is 2.16. The first-order valence-corrected chi connectivity index (χ1v) is 8.54. The van der Waals surface area contributed by atoms with Crippen molar-refractivity contribution in [2.24, 2.45) is 0 Å². The van der Waals surface area contributed by atoms with Gasteiger partial charge in [0.15, 0.2) is 5.13 Å². The number of aryl methyl sites for hydroxylation is 2. The van der Waals surface area contributed by atoms with Crippen molar-refractivity contribution in [2.75, 3.05) is 5.32 Å². The third kappa shape index (κ3) is 2.70. The lowest BCUT2D eigenvalue weighted by molar-refractivity contribution is 0.102. The van der Waals surface area contributed by atoms with Gasteiger partial charge in [0.05, 0.1) is 15.6 Å². The summed E-state index contributed by atoms with van der Waals surface area (Å²) in [7, 11) is 0. The molecule has 5 nitrogen and oxygen atoms in total. The number of carbonyl (C=O) groups is 1. The number of hydrogen-bond acceptors (Lipinski definition) is 5. The van der Waals surface area contributed by atoms with E-state index in [4.69, 9.17) is 4.42 Å². The molecule has 6 heteroatoms. The number of nitrogens with one attached hydrogen (secondary N) is 1. The van der Waals surface area contributed by atoms with Crippen molar-refractivity contribution in [3.8, 4) is 0 Å². The van der Waals surface area contributed by atoms with Gasteiger partial charge < -0.3 is 4.42 Å². The molecule has 0 aliphatic rings. The SMILES string of the molecule is Cc1cc(C)c2sc(NC(=O)c3coc4ccccc4c3=O)nc2c1. The van der Waals surface area contributed by atoms with E-state index in [-0.39, 0.29) is 11.0 Å². The molecule has 2 aromatic carbocycles. The van der Waals surface area contributed by atoms with Gasteiger partial charge in [-0.3, -0.25) is 14.9 Å². The van der Waals surface area contributed by atoms with Gasteiger partial charge in [0.2, 0.25) is 5.43 Å². The summed E-state index contributed by atoms with van der Waals surface area (Å²) in [4.78, 5) is 29.4. The minimum absolute atomic E-state index is 0.0362. The molecular formula is C19H14N2O3S. The predicted molar refractivity (Wildman–Crippen MR) is 99.5 cm³/mol. The van der Waals surface area contributed by atoms with Crippen LogP contribution >= 0.6 is 11.3 Å². The predicted octanol–water partition coefficient (Wildman–Crippen LogP) is 4.27. The summed E-state index contributed by atoms with van der Waals surface area (Å²) < 4.78 is 6.42. The summed E-state index contributed by atoms with van der Waals surface area (Å²) >= 11 is 1.39. The summed E-state index contributed by atoms with van der Waals surface area (Å²) in [5.41, 5.74) is 3.12. The highest BCUT2D eigenvalue weighted by Crippen LogP contribution is 2.30. The number of para-hydroxylation sites is 1. The van der Waals surface area contributed by atoms with E-state index in [2.05, 4.69) is 16.4 Å². The molecule has 0 saturated heterocycles. The Morgan fingerprint density at radius 2 is 2.00 bits per heavy atom. The van der Waals surface area contributed by atoms with Crippen molar-refractivity contribution in [3.05, 3.63) is 69.6 Å². The first-order chi connectivity index (χ1) is 12.0. The van der Waals surface area contributed by atoms with Crippen LogP contribution in [0.4, 0.5) is 5.13 Å². The standard InChI is InChI=1S/C19H14N2O3S/c1-10-7-11(2)17-14(8-10)20-19(25-17)21-18(23)13-9-24-15-6-4-3-5-12(15)16(13)22/h3-9H,1-2H3,(H,20,21,23). The third-order valence-corrected chi connectivity index (χ3v) is 5.09. The van der Waals surface area contributed by atoms with Gasteiger partial charge in [0.25, 0.3) is 5.91 Å². The molecule has 124 valence electrons. The van der Waals surface area contributed by atoms with Crippen LogP contribution in [0.2, 0.25) is 0 Å². The van der Waals surface area contributed by atoms with E-state index in [0.29, 0.717) is 16.1 Å². The molecule has 0 fully saturated rings. The topological polar surface area (TPSA) is 72.2 Å². The van der Waals surface area contributed by atoms with Crippen LogP contribution in [0.25, 0.3) is 21.2 Å². The van der Waals surface area contributed by atoms with E-state index in [1.54, 1.807) is 24.3 Å². The second-order valence-corrected chi connectivity index (χ2v) is 6.88. The maximum absolute atomic E-state index is 12.5. The van der Waals surface area contributed by atoms with E-state index >= 15 is 0 Å². The largest absolute Gasteiger partial charge is 0.463 e. The lowest BCUT2D eigenvalue weighted by Gasteiger charge is -2.02. The highest BCUT2D eigenvalue weighted by atomic mass is 32.1. The molecule has 0 aliphatic carbocycles. The molecule has 25 heavy (non-hydrogen) atoms. The number of rotatable bonds is 2. The molecule has 0 saturated carbocycles. The number of amides is 1. The Balaban J connectivity index is 1.72. The number of benzene rings is 2. The fourth-order valence-corrected chi connectivity index (χ4v) is 3.74. The van der Waals surface area contributed by atoms with Crippen LogP contribution < -0.4 is 10.7 Å². The Kier molecular flexibility index (Phi) is 3.62. The molecule has 0 aliphatic heterocycles. The zero-order valence-corrected chi connectivity index (χ0v) is 14.4. The monoisotopic (exact) mass is 350 g/mol. The number of aromatic nitrogens is 1. The molecule has 0 bridgehead atoms. The van der Waals surface area contributed by atoms with Gasteiger partial charge in [-0.05, 0) is 43.2 Å². The van der Waals surface area contributed by atoms with Crippen LogP contribution in [0.15, 0.2) is 51.9 Å². The molecule has 4 rings (SSSR count). The van der Waals surface area contributed by atoms with Gasteiger partial charge >= 0.3 is 0 Å². The number of hydrogen-bond donors (Lipinski definition) is 1. The summed E-state index contributed by atoms with van der Waals surface area (Å²) in [5, 5.41) is 3.55. The summed E-state index contributed by atoms with van der Waals surface area (Å²) in [6, 6.07) is 10.9. The van der Waals surface area contributed by atoms with Crippen molar-refractivity contribution in [2.45, 2.75) is 13.8 Å². The zero-order valence-electron chi connectivity index (χ0n) is 13.6. The first-order valence-electron chi connectivity index (χ1n) is 7.72. The first kappa shape index (κ1) is 15.5. The van der Waals surface area contributed by atoms with Crippen molar-refractivity contribution in [3.63, 3.8) is 0 Å². The van der Waals surface area contributed by atoms with E-state index in [1.165, 1.54) is 17.6 Å². The fourth-order valence-electron chi connectivity index (χ4n) is 2.83. The van der Waals surface area contributed by atoms with Crippen LogP contribution in [-0.4, -0.2) is 10.9 Å². The second-order valence-electron chi connectivity index (χ2n) is 5.88. The Morgan fingerprint density at radius 1 is 1.20 bits per heavy atom. The lowest BCUT2D eigenvalue weighted by Crippen LogP contribution is -2.21. The van der Waals surface area contributed by atoms with Crippen LogP contribution in [0.1, 0.15) is 21.5 Å². The smallest absolute Gasteiger partial charge is 0.264 e. The number of fused-ring (bicyclic) bond motifs is 2. The maximum Gasteiger partial charge on any atom is 0.264 e. The molecule has 4 aromatic rings. The second kappa shape index (κ2) is 5.82. The average Bonchev–Trinajstić information content (AvgIpc) is 2.98. The van der Waals surface area contributed by atoms with E-state index in [9.17, 15) is 9.59 Å². The van der Waals surface area contributed by atoms with Crippen molar-refractivity contribution < 1.29 is 9.21 Å². The number of thiazole rings is 1. The summed E-state index contributed by atoms with van der Waals surface area (Å²) in [6.45, 7) is 4.02. The molecule has 0 unspecified atom stereocenters. The van der Waals surface area contributed by atoms with Gasteiger partial charge in [0.1, 0.15) is 17.4 Å². The van der Waals surface area contributed by atoms with Crippen LogP contribution in [0.5, 0.6) is 0 Å². The van der Waals surface area contributed by atoms with Crippen LogP contribution in [0.3, 0.4) is 0 Å². The lowest BCUT2D eigenvalue weighted by atomic mass is 10.1. The quantitative estimate of drug-likeness (QED) is 0.586. The summed E-state index contributed by atoms with van der Waals surface area (Å²) in [5.74, 6) is -0.520.